The molecule has 0 fully saturated rings. The molecule has 0 radical (unpaired) electrons. The molecule has 0 bridgehead atoms. The molecule has 2 amide bonds. The molecule has 6 nitrogen and oxygen atoms in total. The molecule has 28 heavy (non-hydrogen) atoms. The Labute approximate surface area is 163 Å². The van der Waals surface area contributed by atoms with Gasteiger partial charge in [-0.15, -0.1) is 0 Å². The topological polar surface area (TPSA) is 73.8 Å². The summed E-state index contributed by atoms with van der Waals surface area (Å²) in [5, 5.41) is 11.6. The number of hydrogen-bond acceptors (Lipinski definition) is 4. The van der Waals surface area contributed by atoms with E-state index in [-0.39, 0.29) is 30.6 Å². The van der Waals surface area contributed by atoms with Crippen LogP contribution in [0.15, 0.2) is 59.7 Å². The van der Waals surface area contributed by atoms with Gasteiger partial charge in [0.2, 0.25) is 5.91 Å². The summed E-state index contributed by atoms with van der Waals surface area (Å²) >= 11 is 0. The minimum absolute atomic E-state index is 0.145. The molecule has 7 heteroatoms. The molecule has 0 atom stereocenters. The van der Waals surface area contributed by atoms with Gasteiger partial charge < -0.3 is 10.6 Å². The van der Waals surface area contributed by atoms with Gasteiger partial charge in [0.15, 0.2) is 0 Å². The van der Waals surface area contributed by atoms with E-state index >= 15 is 0 Å². The van der Waals surface area contributed by atoms with Crippen LogP contribution in [0.25, 0.3) is 0 Å². The fraction of sp³-hybridized carbons (Fsp3) is 0.286. The van der Waals surface area contributed by atoms with Crippen molar-refractivity contribution >= 4 is 23.2 Å². The van der Waals surface area contributed by atoms with Crippen LogP contribution in [0.3, 0.4) is 0 Å². The van der Waals surface area contributed by atoms with E-state index in [1.54, 1.807) is 12.1 Å². The van der Waals surface area contributed by atoms with Gasteiger partial charge in [-0.3, -0.25) is 9.59 Å². The van der Waals surface area contributed by atoms with Crippen LogP contribution in [0.4, 0.5) is 10.1 Å². The molecule has 146 valence electrons. The Morgan fingerprint density at radius 3 is 2.54 bits per heavy atom. The summed E-state index contributed by atoms with van der Waals surface area (Å²) in [6, 6.07) is 15.7. The summed E-state index contributed by atoms with van der Waals surface area (Å²) in [4.78, 5) is 24.4. The van der Waals surface area contributed by atoms with Crippen molar-refractivity contribution in [3.63, 3.8) is 0 Å². The van der Waals surface area contributed by atoms with Crippen LogP contribution in [0.1, 0.15) is 24.8 Å². The maximum atomic E-state index is 13.0. The van der Waals surface area contributed by atoms with Crippen LogP contribution < -0.4 is 10.6 Å². The van der Waals surface area contributed by atoms with Crippen molar-refractivity contribution < 1.29 is 14.0 Å². The Bertz CT molecular complexity index is 837. The minimum Gasteiger partial charge on any atom is -0.385 e. The van der Waals surface area contributed by atoms with Gasteiger partial charge in [0.1, 0.15) is 11.5 Å². The molecule has 1 aliphatic rings. The molecule has 3 rings (SSSR count). The summed E-state index contributed by atoms with van der Waals surface area (Å²) in [6.45, 7) is 1.48. The second kappa shape index (κ2) is 9.64. The van der Waals surface area contributed by atoms with E-state index in [0.29, 0.717) is 18.7 Å². The molecule has 0 aliphatic carbocycles. The van der Waals surface area contributed by atoms with Gasteiger partial charge in [-0.25, -0.2) is 9.40 Å². The zero-order valence-electron chi connectivity index (χ0n) is 15.5. The van der Waals surface area contributed by atoms with Gasteiger partial charge in [0.25, 0.3) is 5.91 Å². The molecule has 0 aromatic heterocycles. The fourth-order valence-corrected chi connectivity index (χ4v) is 2.83. The van der Waals surface area contributed by atoms with E-state index in [1.165, 1.54) is 17.1 Å². The van der Waals surface area contributed by atoms with Gasteiger partial charge >= 0.3 is 0 Å². The highest BCUT2D eigenvalue weighted by molar-refractivity contribution is 6.39. The van der Waals surface area contributed by atoms with Crippen molar-refractivity contribution in [2.24, 2.45) is 5.10 Å². The quantitative estimate of drug-likeness (QED) is 0.690. The average molecular weight is 382 g/mol. The Balaban J connectivity index is 1.46. The van der Waals surface area contributed by atoms with Gasteiger partial charge in [-0.1, -0.05) is 30.3 Å². The largest absolute Gasteiger partial charge is 0.385 e. The third-order valence-electron chi connectivity index (χ3n) is 4.35. The highest BCUT2D eigenvalue weighted by atomic mass is 19.1. The van der Waals surface area contributed by atoms with E-state index < -0.39 is 0 Å². The lowest BCUT2D eigenvalue weighted by Crippen LogP contribution is -2.39. The Morgan fingerprint density at radius 1 is 1.04 bits per heavy atom. The monoisotopic (exact) mass is 382 g/mol. The summed E-state index contributed by atoms with van der Waals surface area (Å²) < 4.78 is 13.0. The number of halogens is 1. The molecule has 1 aliphatic heterocycles. The average Bonchev–Trinajstić information content (AvgIpc) is 2.71. The van der Waals surface area contributed by atoms with Crippen LogP contribution in [-0.2, 0) is 16.1 Å². The number of nitrogens with one attached hydrogen (secondary N) is 2. The number of carbonyl (C=O) groups is 2. The lowest BCUT2D eigenvalue weighted by Gasteiger charge is -2.23. The zero-order chi connectivity index (χ0) is 19.8. The first-order chi connectivity index (χ1) is 13.6. The van der Waals surface area contributed by atoms with Crippen LogP contribution in [-0.4, -0.2) is 35.6 Å². The Hall–Kier alpha value is -3.22. The predicted octanol–water partition coefficient (Wildman–Crippen LogP) is 2.92. The molecule has 0 saturated carbocycles. The molecule has 2 aromatic rings. The van der Waals surface area contributed by atoms with E-state index in [2.05, 4.69) is 15.7 Å². The summed E-state index contributed by atoms with van der Waals surface area (Å²) in [6.07, 6.45) is 1.34. The maximum absolute atomic E-state index is 13.0. The lowest BCUT2D eigenvalue weighted by molar-refractivity contribution is -0.132. The Morgan fingerprint density at radius 2 is 1.79 bits per heavy atom. The van der Waals surface area contributed by atoms with E-state index in [4.69, 9.17) is 0 Å². The van der Waals surface area contributed by atoms with Crippen LogP contribution >= 0.6 is 0 Å². The molecular formula is C21H23FN4O2. The lowest BCUT2D eigenvalue weighted by atomic mass is 10.1. The van der Waals surface area contributed by atoms with Crippen molar-refractivity contribution in [2.45, 2.75) is 25.8 Å². The number of para-hydroxylation sites is 1. The van der Waals surface area contributed by atoms with Gasteiger partial charge in [-0.05, 0) is 36.2 Å². The number of nitrogens with zero attached hydrogens (tertiary/aromatic N) is 2. The first kappa shape index (κ1) is 19.5. The van der Waals surface area contributed by atoms with Crippen molar-refractivity contribution in [1.82, 2.24) is 10.3 Å². The molecule has 2 aromatic carbocycles. The van der Waals surface area contributed by atoms with Crippen LogP contribution in [0, 0.1) is 5.82 Å². The van der Waals surface area contributed by atoms with Crippen molar-refractivity contribution in [3.05, 3.63) is 66.0 Å². The molecule has 0 saturated heterocycles. The number of carbonyl (C=O) groups excluding carboxylic acids is 2. The second-order valence-electron chi connectivity index (χ2n) is 6.53. The highest BCUT2D eigenvalue weighted by Crippen LogP contribution is 2.14. The molecular weight excluding hydrogens is 359 g/mol. The molecule has 0 unspecified atom stereocenters. The van der Waals surface area contributed by atoms with Crippen LogP contribution in [0.5, 0.6) is 0 Å². The first-order valence-electron chi connectivity index (χ1n) is 9.31. The molecule has 0 spiro atoms. The van der Waals surface area contributed by atoms with Crippen molar-refractivity contribution in [2.75, 3.05) is 18.4 Å². The maximum Gasteiger partial charge on any atom is 0.267 e. The predicted molar refractivity (Wildman–Crippen MR) is 106 cm³/mol. The number of amides is 2. The highest BCUT2D eigenvalue weighted by Gasteiger charge is 2.24. The van der Waals surface area contributed by atoms with E-state index in [1.807, 2.05) is 30.3 Å². The van der Waals surface area contributed by atoms with Gasteiger partial charge in [-0.2, -0.15) is 5.10 Å². The Kier molecular flexibility index (Phi) is 6.73. The third kappa shape index (κ3) is 5.64. The number of hydrogen-bond donors (Lipinski definition) is 2. The SMILES string of the molecule is O=C(NCCCNc1ccccc1)C1=NN(Cc2ccc(F)cc2)C(=O)CC1. The molecule has 2 N–H and O–H groups in total. The van der Waals surface area contributed by atoms with Crippen molar-refractivity contribution in [1.29, 1.82) is 0 Å². The third-order valence-corrected chi connectivity index (χ3v) is 4.35. The van der Waals surface area contributed by atoms with Crippen LogP contribution in [0.2, 0.25) is 0 Å². The number of anilines is 1. The first-order valence-corrected chi connectivity index (χ1v) is 9.31. The zero-order valence-corrected chi connectivity index (χ0v) is 15.5. The normalized spacial score (nSPS) is 13.8. The van der Waals surface area contributed by atoms with E-state index in [9.17, 15) is 14.0 Å². The summed E-state index contributed by atoms with van der Waals surface area (Å²) in [5.74, 6) is -0.733. The van der Waals surface area contributed by atoms with Gasteiger partial charge in [0, 0.05) is 31.6 Å². The minimum atomic E-state index is -0.334. The van der Waals surface area contributed by atoms with Gasteiger partial charge in [0.05, 0.1) is 6.54 Å². The number of rotatable bonds is 8. The van der Waals surface area contributed by atoms with E-state index in [0.717, 1.165) is 24.2 Å². The summed E-state index contributed by atoms with van der Waals surface area (Å²) in [5.41, 5.74) is 2.14. The fourth-order valence-electron chi connectivity index (χ4n) is 2.83. The smallest absolute Gasteiger partial charge is 0.267 e. The van der Waals surface area contributed by atoms with Crippen molar-refractivity contribution in [3.8, 4) is 0 Å². The second-order valence-corrected chi connectivity index (χ2v) is 6.53. The standard InChI is InChI=1S/C21H23FN4O2/c22-17-9-7-16(8-10-17)15-26-20(27)12-11-19(25-26)21(28)24-14-4-13-23-18-5-2-1-3-6-18/h1-3,5-10,23H,4,11-15H2,(H,24,28). The summed E-state index contributed by atoms with van der Waals surface area (Å²) in [7, 11) is 0. The molecule has 1 heterocycles. The number of hydrazone groups is 1. The number of benzene rings is 2.